The van der Waals surface area contributed by atoms with E-state index in [0.29, 0.717) is 50.2 Å². The number of carbonyl (C=O) groups is 1. The number of β-amino-alcohol motifs (C(OH)–C–C–N with tert-alkyl or cyclic N) is 1. The summed E-state index contributed by atoms with van der Waals surface area (Å²) < 4.78 is 17.2. The highest BCUT2D eigenvalue weighted by molar-refractivity contribution is 7.09. The number of anilines is 1. The molecular weight excluding hydrogens is 420 g/mol. The molecular formula is C20H22N6O4S. The molecule has 1 saturated heterocycles. The van der Waals surface area contributed by atoms with E-state index in [1.807, 2.05) is 23.1 Å². The number of carbonyl (C=O) groups excluding carboxylic acids is 1. The molecule has 2 aromatic heterocycles. The topological polar surface area (TPSA) is 115 Å². The Kier molecular flexibility index (Phi) is 5.43. The second kappa shape index (κ2) is 8.52. The molecule has 162 valence electrons. The fraction of sp³-hybridized carbons (Fsp3) is 0.400. The number of amides is 1. The number of aliphatic hydroxyl groups is 1. The first-order valence-electron chi connectivity index (χ1n) is 10.1. The lowest BCUT2D eigenvalue weighted by Gasteiger charge is -2.22. The number of aromatic nitrogens is 4. The number of aliphatic hydroxyl groups excluding tert-OH is 1. The van der Waals surface area contributed by atoms with E-state index in [2.05, 4.69) is 19.7 Å². The van der Waals surface area contributed by atoms with Crippen molar-refractivity contribution >= 4 is 22.6 Å². The molecule has 1 aromatic carbocycles. The number of nitrogens with zero attached hydrogens (tertiary/aromatic N) is 5. The normalized spacial score (nSPS) is 20.1. The zero-order chi connectivity index (χ0) is 21.2. The summed E-state index contributed by atoms with van der Waals surface area (Å²) in [5.74, 6) is 1.86. The van der Waals surface area contributed by atoms with Gasteiger partial charge in [0.05, 0.1) is 6.10 Å². The van der Waals surface area contributed by atoms with Crippen molar-refractivity contribution in [3.8, 4) is 17.4 Å². The largest absolute Gasteiger partial charge is 0.486 e. The van der Waals surface area contributed by atoms with Gasteiger partial charge in [0.25, 0.3) is 0 Å². The van der Waals surface area contributed by atoms with Gasteiger partial charge in [-0.15, -0.1) is 0 Å². The molecule has 2 atom stereocenters. The Morgan fingerprint density at radius 1 is 1.29 bits per heavy atom. The van der Waals surface area contributed by atoms with E-state index in [1.54, 1.807) is 23.3 Å². The van der Waals surface area contributed by atoms with Crippen LogP contribution in [0.15, 0.2) is 36.9 Å². The van der Waals surface area contributed by atoms with Gasteiger partial charge in [-0.05, 0) is 24.1 Å². The summed E-state index contributed by atoms with van der Waals surface area (Å²) in [5.41, 5.74) is 1.06. The van der Waals surface area contributed by atoms with Gasteiger partial charge in [0, 0.05) is 43.4 Å². The van der Waals surface area contributed by atoms with Crippen LogP contribution in [0, 0.1) is 0 Å². The van der Waals surface area contributed by atoms with Crippen LogP contribution in [0.2, 0.25) is 0 Å². The van der Waals surface area contributed by atoms with Crippen LogP contribution in [0.5, 0.6) is 11.5 Å². The van der Waals surface area contributed by atoms with Crippen LogP contribution in [0.4, 0.5) is 5.13 Å². The number of ether oxygens (including phenoxy) is 2. The average molecular weight is 443 g/mol. The summed E-state index contributed by atoms with van der Waals surface area (Å²) >= 11 is 1.20. The van der Waals surface area contributed by atoms with E-state index in [0.717, 1.165) is 17.1 Å². The molecule has 0 bridgehead atoms. The van der Waals surface area contributed by atoms with Crippen molar-refractivity contribution in [2.24, 2.45) is 0 Å². The van der Waals surface area contributed by atoms with Gasteiger partial charge in [-0.2, -0.15) is 9.36 Å². The molecule has 11 heteroatoms. The van der Waals surface area contributed by atoms with Gasteiger partial charge in [-0.1, -0.05) is 6.07 Å². The quantitative estimate of drug-likeness (QED) is 0.576. The van der Waals surface area contributed by atoms with Crippen LogP contribution < -0.4 is 19.7 Å². The van der Waals surface area contributed by atoms with Gasteiger partial charge in [-0.3, -0.25) is 9.36 Å². The van der Waals surface area contributed by atoms with Crippen molar-refractivity contribution < 1.29 is 19.4 Å². The Hall–Kier alpha value is -3.18. The predicted octanol–water partition coefficient (Wildman–Crippen LogP) is 0.793. The molecule has 10 nitrogen and oxygen atoms in total. The lowest BCUT2D eigenvalue weighted by atomic mass is 10.1. The summed E-state index contributed by atoms with van der Waals surface area (Å²) in [6.45, 7) is 1.93. The highest BCUT2D eigenvalue weighted by atomic mass is 32.1. The molecule has 5 rings (SSSR count). The Balaban J connectivity index is 1.21. The van der Waals surface area contributed by atoms with E-state index >= 15 is 0 Å². The maximum atomic E-state index is 12.9. The number of imidazole rings is 1. The minimum Gasteiger partial charge on any atom is -0.486 e. The van der Waals surface area contributed by atoms with Gasteiger partial charge in [0.1, 0.15) is 25.6 Å². The smallest absolute Gasteiger partial charge is 0.248 e. The van der Waals surface area contributed by atoms with Crippen molar-refractivity contribution in [3.05, 3.63) is 42.5 Å². The van der Waals surface area contributed by atoms with E-state index in [9.17, 15) is 9.90 Å². The molecule has 2 aliphatic heterocycles. The van der Waals surface area contributed by atoms with Crippen LogP contribution in [0.25, 0.3) is 5.95 Å². The van der Waals surface area contributed by atoms with Crippen molar-refractivity contribution in [3.63, 3.8) is 0 Å². The second-order valence-corrected chi connectivity index (χ2v) is 8.15. The minimum atomic E-state index is -0.589. The molecule has 1 amide bonds. The van der Waals surface area contributed by atoms with Crippen molar-refractivity contribution in [1.29, 1.82) is 0 Å². The van der Waals surface area contributed by atoms with Crippen LogP contribution in [0.1, 0.15) is 12.0 Å². The van der Waals surface area contributed by atoms with E-state index < -0.39 is 12.1 Å². The lowest BCUT2D eigenvalue weighted by molar-refractivity contribution is -0.122. The zero-order valence-corrected chi connectivity index (χ0v) is 17.5. The number of fused-ring (bicyclic) bond motifs is 1. The van der Waals surface area contributed by atoms with Gasteiger partial charge in [0.15, 0.2) is 11.5 Å². The Morgan fingerprint density at radius 3 is 3.00 bits per heavy atom. The SMILES string of the molecule is O=C(NCCc1ccc2c(c1)OCCO2)[C@H]1C[C@H](O)CN1c1nc(-n2ccnc2)ns1. The number of benzene rings is 1. The van der Waals surface area contributed by atoms with E-state index in [1.165, 1.54) is 11.5 Å². The fourth-order valence-electron chi connectivity index (χ4n) is 3.77. The first kappa shape index (κ1) is 19.8. The Morgan fingerprint density at radius 2 is 2.16 bits per heavy atom. The third kappa shape index (κ3) is 4.19. The Labute approximate surface area is 182 Å². The van der Waals surface area contributed by atoms with E-state index in [-0.39, 0.29) is 5.91 Å². The van der Waals surface area contributed by atoms with Crippen molar-refractivity contribution in [1.82, 2.24) is 24.2 Å². The van der Waals surface area contributed by atoms with Gasteiger partial charge in [-0.25, -0.2) is 4.98 Å². The molecule has 4 heterocycles. The number of hydrogen-bond donors (Lipinski definition) is 2. The third-order valence-electron chi connectivity index (χ3n) is 5.29. The van der Waals surface area contributed by atoms with Crippen LogP contribution in [-0.4, -0.2) is 68.4 Å². The van der Waals surface area contributed by atoms with Gasteiger partial charge >= 0.3 is 0 Å². The number of hydrogen-bond acceptors (Lipinski definition) is 9. The predicted molar refractivity (Wildman–Crippen MR) is 113 cm³/mol. The molecule has 0 aliphatic carbocycles. The van der Waals surface area contributed by atoms with E-state index in [4.69, 9.17) is 9.47 Å². The molecule has 0 spiro atoms. The Bertz CT molecular complexity index is 1060. The minimum absolute atomic E-state index is 0.131. The lowest BCUT2D eigenvalue weighted by Crippen LogP contribution is -2.44. The molecule has 2 N–H and O–H groups in total. The summed E-state index contributed by atoms with van der Waals surface area (Å²) in [4.78, 5) is 23.2. The molecule has 3 aromatic rings. The molecule has 0 radical (unpaired) electrons. The molecule has 31 heavy (non-hydrogen) atoms. The highest BCUT2D eigenvalue weighted by Gasteiger charge is 2.37. The molecule has 0 saturated carbocycles. The molecule has 0 unspecified atom stereocenters. The maximum absolute atomic E-state index is 12.9. The van der Waals surface area contributed by atoms with Gasteiger partial charge in [0.2, 0.25) is 17.0 Å². The standard InChI is InChI=1S/C20H22N6O4S/c27-14-10-15(26(11-14)20-23-19(24-31-20)25-6-5-21-12-25)18(28)22-4-3-13-1-2-16-17(9-13)30-8-7-29-16/h1-2,5-6,9,12,14-15,27H,3-4,7-8,10-11H2,(H,22,28)/t14-,15+/m0/s1. The summed E-state index contributed by atoms with van der Waals surface area (Å²) in [6.07, 6.45) is 5.46. The van der Waals surface area contributed by atoms with Crippen LogP contribution >= 0.6 is 11.5 Å². The first-order valence-corrected chi connectivity index (χ1v) is 10.9. The summed E-state index contributed by atoms with van der Waals surface area (Å²) in [7, 11) is 0. The number of rotatable bonds is 6. The van der Waals surface area contributed by atoms with Crippen molar-refractivity contribution in [2.45, 2.75) is 25.0 Å². The number of nitrogens with one attached hydrogen (secondary N) is 1. The average Bonchev–Trinajstić information content (AvgIpc) is 3.53. The summed E-state index contributed by atoms with van der Waals surface area (Å²) in [5, 5.41) is 13.8. The molecule has 1 fully saturated rings. The van der Waals surface area contributed by atoms with Crippen LogP contribution in [0.3, 0.4) is 0 Å². The first-order chi connectivity index (χ1) is 15.2. The second-order valence-electron chi connectivity index (χ2n) is 7.42. The maximum Gasteiger partial charge on any atom is 0.248 e. The highest BCUT2D eigenvalue weighted by Crippen LogP contribution is 2.31. The fourth-order valence-corrected chi connectivity index (χ4v) is 4.50. The van der Waals surface area contributed by atoms with Crippen LogP contribution in [-0.2, 0) is 11.2 Å². The molecule has 2 aliphatic rings. The zero-order valence-electron chi connectivity index (χ0n) is 16.7. The monoisotopic (exact) mass is 442 g/mol. The van der Waals surface area contributed by atoms with Crippen molar-refractivity contribution in [2.75, 3.05) is 31.2 Å². The summed E-state index contributed by atoms with van der Waals surface area (Å²) in [6, 6.07) is 5.34. The van der Waals surface area contributed by atoms with Gasteiger partial charge < -0.3 is 24.8 Å². The third-order valence-corrected chi connectivity index (χ3v) is 6.03.